The quantitative estimate of drug-likeness (QED) is 0.680. The summed E-state index contributed by atoms with van der Waals surface area (Å²) in [4.78, 5) is 7.23. The number of aliphatic hydroxyl groups excluding tert-OH is 1. The van der Waals surface area contributed by atoms with Crippen molar-refractivity contribution in [1.82, 2.24) is 9.97 Å². The molecular formula is C21H24N2O2. The van der Waals surface area contributed by atoms with Gasteiger partial charge in [0.2, 0.25) is 0 Å². The van der Waals surface area contributed by atoms with Crippen LogP contribution in [-0.2, 0) is 19.4 Å². The molecule has 0 aliphatic carbocycles. The monoisotopic (exact) mass is 336 g/mol. The number of benzene rings is 2. The lowest BCUT2D eigenvalue weighted by atomic mass is 9.92. The topological polar surface area (TPSA) is 58.1 Å². The second kappa shape index (κ2) is 7.99. The fourth-order valence-corrected chi connectivity index (χ4v) is 3.14. The first-order valence-electron chi connectivity index (χ1n) is 8.73. The summed E-state index contributed by atoms with van der Waals surface area (Å²) in [6.07, 6.45) is 4.24. The number of nitrogens with zero attached hydrogens (tertiary/aromatic N) is 1. The third kappa shape index (κ3) is 3.74. The zero-order valence-electron chi connectivity index (χ0n) is 14.7. The van der Waals surface area contributed by atoms with Crippen LogP contribution in [0.15, 0.2) is 54.9 Å². The highest BCUT2D eigenvalue weighted by Gasteiger charge is 2.22. The zero-order chi connectivity index (χ0) is 17.6. The summed E-state index contributed by atoms with van der Waals surface area (Å²) in [7, 11) is 0. The van der Waals surface area contributed by atoms with Crippen LogP contribution in [0.3, 0.4) is 0 Å². The highest BCUT2D eigenvalue weighted by atomic mass is 16.5. The molecule has 2 N–H and O–H groups in total. The molecule has 4 nitrogen and oxygen atoms in total. The summed E-state index contributed by atoms with van der Waals surface area (Å²) in [5.41, 5.74) is 4.19. The van der Waals surface area contributed by atoms with E-state index in [4.69, 9.17) is 4.74 Å². The van der Waals surface area contributed by atoms with E-state index in [1.54, 1.807) is 12.4 Å². The summed E-state index contributed by atoms with van der Waals surface area (Å²) >= 11 is 0. The van der Waals surface area contributed by atoms with E-state index in [0.717, 1.165) is 40.8 Å². The second-order valence-corrected chi connectivity index (χ2v) is 5.97. The standard InChI is InChI=1S/C21H24N2O2/c1-3-16-10-11-18(25-14-15-8-6-5-7-9-15)17(4-2)19(16)20(24)21-22-12-13-23-21/h5-13,20,24H,3-4,14H2,1-2H3,(H,22,23). The SMILES string of the molecule is CCc1ccc(OCc2ccccc2)c(CC)c1C(O)c1ncc[nH]1. The van der Waals surface area contributed by atoms with Gasteiger partial charge >= 0.3 is 0 Å². The lowest BCUT2D eigenvalue weighted by Crippen LogP contribution is -2.11. The Bertz CT molecular complexity index is 798. The van der Waals surface area contributed by atoms with Gasteiger partial charge in [0.1, 0.15) is 24.3 Å². The first kappa shape index (κ1) is 17.2. The van der Waals surface area contributed by atoms with Gasteiger partial charge in [0, 0.05) is 18.0 Å². The van der Waals surface area contributed by atoms with Crippen LogP contribution in [-0.4, -0.2) is 15.1 Å². The first-order valence-corrected chi connectivity index (χ1v) is 8.73. The van der Waals surface area contributed by atoms with Crippen molar-refractivity contribution in [3.8, 4) is 5.75 Å². The van der Waals surface area contributed by atoms with Gasteiger partial charge in [-0.15, -0.1) is 0 Å². The minimum atomic E-state index is -0.778. The normalized spacial score (nSPS) is 12.1. The highest BCUT2D eigenvalue weighted by Crippen LogP contribution is 2.34. The zero-order valence-corrected chi connectivity index (χ0v) is 14.7. The molecule has 25 heavy (non-hydrogen) atoms. The summed E-state index contributed by atoms with van der Waals surface area (Å²) < 4.78 is 6.08. The van der Waals surface area contributed by atoms with E-state index >= 15 is 0 Å². The predicted molar refractivity (Wildman–Crippen MR) is 98.6 cm³/mol. The number of nitrogens with one attached hydrogen (secondary N) is 1. The van der Waals surface area contributed by atoms with E-state index in [1.165, 1.54) is 0 Å². The van der Waals surface area contributed by atoms with E-state index in [9.17, 15) is 5.11 Å². The van der Waals surface area contributed by atoms with Gasteiger partial charge in [0.25, 0.3) is 0 Å². The minimum absolute atomic E-state index is 0.510. The number of aliphatic hydroxyl groups is 1. The van der Waals surface area contributed by atoms with Crippen LogP contribution in [0, 0.1) is 0 Å². The van der Waals surface area contributed by atoms with E-state index in [1.807, 2.05) is 42.5 Å². The maximum absolute atomic E-state index is 10.9. The van der Waals surface area contributed by atoms with Crippen molar-refractivity contribution in [2.45, 2.75) is 39.4 Å². The van der Waals surface area contributed by atoms with Crippen molar-refractivity contribution >= 4 is 0 Å². The van der Waals surface area contributed by atoms with Crippen molar-refractivity contribution in [3.63, 3.8) is 0 Å². The Morgan fingerprint density at radius 3 is 2.52 bits per heavy atom. The number of aryl methyl sites for hydroxylation is 1. The third-order valence-electron chi connectivity index (χ3n) is 4.43. The number of rotatable bonds is 7. The average molecular weight is 336 g/mol. The van der Waals surface area contributed by atoms with E-state index in [2.05, 4.69) is 23.8 Å². The number of imidazole rings is 1. The molecule has 0 amide bonds. The van der Waals surface area contributed by atoms with Crippen molar-refractivity contribution in [1.29, 1.82) is 0 Å². The maximum atomic E-state index is 10.9. The Labute approximate surface area is 148 Å². The molecule has 1 aromatic heterocycles. The maximum Gasteiger partial charge on any atom is 0.139 e. The lowest BCUT2D eigenvalue weighted by Gasteiger charge is -2.21. The van der Waals surface area contributed by atoms with E-state index in [0.29, 0.717) is 12.4 Å². The van der Waals surface area contributed by atoms with Gasteiger partial charge < -0.3 is 14.8 Å². The van der Waals surface area contributed by atoms with Crippen LogP contribution in [0.2, 0.25) is 0 Å². The Morgan fingerprint density at radius 1 is 1.08 bits per heavy atom. The fourth-order valence-electron chi connectivity index (χ4n) is 3.14. The summed E-state index contributed by atoms with van der Waals surface area (Å²) in [5, 5.41) is 10.9. The molecule has 0 bridgehead atoms. The average Bonchev–Trinajstić information content (AvgIpc) is 3.20. The molecule has 3 aromatic rings. The molecule has 130 valence electrons. The molecular weight excluding hydrogens is 312 g/mol. The number of hydrogen-bond acceptors (Lipinski definition) is 3. The van der Waals surface area contributed by atoms with Crippen LogP contribution in [0.4, 0.5) is 0 Å². The summed E-state index contributed by atoms with van der Waals surface area (Å²) in [6, 6.07) is 14.2. The van der Waals surface area contributed by atoms with Gasteiger partial charge in [-0.05, 0) is 35.6 Å². The largest absolute Gasteiger partial charge is 0.489 e. The first-order chi connectivity index (χ1) is 12.2. The van der Waals surface area contributed by atoms with Crippen LogP contribution in [0.25, 0.3) is 0 Å². The molecule has 0 fully saturated rings. The fraction of sp³-hybridized carbons (Fsp3) is 0.286. The molecule has 0 saturated carbocycles. The molecule has 3 rings (SSSR count). The van der Waals surface area contributed by atoms with E-state index < -0.39 is 6.10 Å². The molecule has 0 radical (unpaired) electrons. The molecule has 0 aliphatic heterocycles. The van der Waals surface area contributed by atoms with Crippen molar-refractivity contribution in [2.75, 3.05) is 0 Å². The lowest BCUT2D eigenvalue weighted by molar-refractivity contribution is 0.207. The Balaban J connectivity index is 1.95. The number of aromatic amines is 1. The molecule has 1 atom stereocenters. The highest BCUT2D eigenvalue weighted by molar-refractivity contribution is 5.48. The Morgan fingerprint density at radius 2 is 1.88 bits per heavy atom. The number of aromatic nitrogens is 2. The molecule has 4 heteroatoms. The van der Waals surface area contributed by atoms with Gasteiger partial charge in [0.15, 0.2) is 0 Å². The molecule has 1 heterocycles. The van der Waals surface area contributed by atoms with Gasteiger partial charge in [-0.2, -0.15) is 0 Å². The molecule has 1 unspecified atom stereocenters. The van der Waals surface area contributed by atoms with Crippen LogP contribution < -0.4 is 4.74 Å². The van der Waals surface area contributed by atoms with Gasteiger partial charge in [-0.3, -0.25) is 0 Å². The Hall–Kier alpha value is -2.59. The summed E-state index contributed by atoms with van der Waals surface area (Å²) in [5.74, 6) is 1.38. The summed E-state index contributed by atoms with van der Waals surface area (Å²) in [6.45, 7) is 4.69. The molecule has 0 aliphatic rings. The molecule has 0 saturated heterocycles. The van der Waals surface area contributed by atoms with E-state index in [-0.39, 0.29) is 0 Å². The third-order valence-corrected chi connectivity index (χ3v) is 4.43. The van der Waals surface area contributed by atoms with Crippen molar-refractivity contribution < 1.29 is 9.84 Å². The minimum Gasteiger partial charge on any atom is -0.489 e. The number of ether oxygens (including phenoxy) is 1. The number of H-pyrrole nitrogens is 1. The van der Waals surface area contributed by atoms with Crippen LogP contribution in [0.1, 0.15) is 48.0 Å². The van der Waals surface area contributed by atoms with Gasteiger partial charge in [-0.1, -0.05) is 50.2 Å². The van der Waals surface area contributed by atoms with Gasteiger partial charge in [-0.25, -0.2) is 4.98 Å². The molecule has 0 spiro atoms. The van der Waals surface area contributed by atoms with Gasteiger partial charge in [0.05, 0.1) is 0 Å². The smallest absolute Gasteiger partial charge is 0.139 e. The van der Waals surface area contributed by atoms with Crippen LogP contribution >= 0.6 is 0 Å². The van der Waals surface area contributed by atoms with Crippen molar-refractivity contribution in [3.05, 3.63) is 82.9 Å². The molecule has 2 aromatic carbocycles. The predicted octanol–water partition coefficient (Wildman–Crippen LogP) is 4.20. The van der Waals surface area contributed by atoms with Crippen molar-refractivity contribution in [2.24, 2.45) is 0 Å². The Kier molecular flexibility index (Phi) is 5.51. The number of hydrogen-bond donors (Lipinski definition) is 2. The van der Waals surface area contributed by atoms with Crippen LogP contribution in [0.5, 0.6) is 5.75 Å². The second-order valence-electron chi connectivity index (χ2n) is 5.97.